The van der Waals surface area contributed by atoms with E-state index < -0.39 is 21.8 Å². The maximum atomic E-state index is 13.2. The van der Waals surface area contributed by atoms with E-state index in [2.05, 4.69) is 35.7 Å². The lowest BCUT2D eigenvalue weighted by Gasteiger charge is -2.23. The van der Waals surface area contributed by atoms with Gasteiger partial charge in [-0.05, 0) is 96.7 Å². The predicted molar refractivity (Wildman–Crippen MR) is 154 cm³/mol. The Morgan fingerprint density at radius 3 is 2.12 bits per heavy atom. The first-order valence-electron chi connectivity index (χ1n) is 13.7. The van der Waals surface area contributed by atoms with E-state index in [-0.39, 0.29) is 17.1 Å². The van der Waals surface area contributed by atoms with Crippen LogP contribution in [-0.2, 0) is 9.84 Å². The lowest BCUT2D eigenvalue weighted by atomic mass is 10.0. The third-order valence-corrected chi connectivity index (χ3v) is 9.56. The van der Waals surface area contributed by atoms with Crippen LogP contribution in [0.15, 0.2) is 65.6 Å². The largest absolute Gasteiger partial charge is 0.344 e. The van der Waals surface area contributed by atoms with E-state index in [0.717, 1.165) is 11.4 Å². The second-order valence-corrected chi connectivity index (χ2v) is 12.9. The zero-order valence-corrected chi connectivity index (χ0v) is 23.5. The molecule has 1 amide bonds. The molecule has 2 saturated carbocycles. The Hall–Kier alpha value is -4.14. The fraction of sp³-hybridized carbons (Fsp3) is 0.344. The quantitative estimate of drug-likeness (QED) is 0.318. The van der Waals surface area contributed by atoms with E-state index >= 15 is 0 Å². The molecule has 8 heteroatoms. The molecular formula is C32H32N4O3S. The summed E-state index contributed by atoms with van der Waals surface area (Å²) in [4.78, 5) is 15.4. The molecule has 0 spiro atoms. The van der Waals surface area contributed by atoms with Gasteiger partial charge in [-0.15, -0.1) is 0 Å². The van der Waals surface area contributed by atoms with Gasteiger partial charge in [0.25, 0.3) is 5.91 Å². The van der Waals surface area contributed by atoms with Gasteiger partial charge < -0.3 is 10.2 Å². The van der Waals surface area contributed by atoms with E-state index in [0.29, 0.717) is 28.5 Å². The highest BCUT2D eigenvalue weighted by atomic mass is 32.2. The van der Waals surface area contributed by atoms with Gasteiger partial charge in [-0.1, -0.05) is 25.1 Å². The first-order chi connectivity index (χ1) is 19.2. The fourth-order valence-electron chi connectivity index (χ4n) is 5.01. The number of hydrogen-bond acceptors (Lipinski definition) is 6. The summed E-state index contributed by atoms with van der Waals surface area (Å²) in [6.45, 7) is 1.58. The monoisotopic (exact) mass is 552 g/mol. The molecule has 2 aliphatic carbocycles. The van der Waals surface area contributed by atoms with Crippen LogP contribution in [0.25, 0.3) is 0 Å². The van der Waals surface area contributed by atoms with Gasteiger partial charge in [-0.25, -0.2) is 8.42 Å². The summed E-state index contributed by atoms with van der Waals surface area (Å²) in [6.07, 6.45) is 4.90. The normalized spacial score (nSPS) is 15.5. The lowest BCUT2D eigenvalue weighted by molar-refractivity contribution is 0.0937. The van der Waals surface area contributed by atoms with Crippen LogP contribution in [0.3, 0.4) is 0 Å². The molecule has 1 atom stereocenters. The SMILES string of the molecule is CCS(=O)(=O)c1ccc([C@H](CC#N)NC(=O)c2ccc(N(C)c3cc(C4CC4)cc(C4CC4)c3)c(C#N)c2)cc1. The van der Waals surface area contributed by atoms with Crippen molar-refractivity contribution in [3.63, 3.8) is 0 Å². The zero-order chi connectivity index (χ0) is 28.4. The van der Waals surface area contributed by atoms with E-state index in [9.17, 15) is 23.7 Å². The number of anilines is 2. The van der Waals surface area contributed by atoms with Crippen LogP contribution in [0.2, 0.25) is 0 Å². The molecule has 0 aliphatic heterocycles. The maximum absolute atomic E-state index is 13.2. The average Bonchev–Trinajstić information content (AvgIpc) is 3.89. The van der Waals surface area contributed by atoms with Crippen molar-refractivity contribution in [2.24, 2.45) is 0 Å². The van der Waals surface area contributed by atoms with Crippen LogP contribution in [-0.4, -0.2) is 27.1 Å². The van der Waals surface area contributed by atoms with Gasteiger partial charge in [-0.3, -0.25) is 4.79 Å². The van der Waals surface area contributed by atoms with E-state index in [1.807, 2.05) is 11.9 Å². The number of amides is 1. The molecule has 0 bridgehead atoms. The van der Waals surface area contributed by atoms with Crippen molar-refractivity contribution >= 4 is 27.1 Å². The van der Waals surface area contributed by atoms with Crippen molar-refractivity contribution in [2.75, 3.05) is 17.7 Å². The molecule has 5 rings (SSSR count). The Morgan fingerprint density at radius 1 is 0.975 bits per heavy atom. The van der Waals surface area contributed by atoms with E-state index in [4.69, 9.17) is 0 Å². The zero-order valence-electron chi connectivity index (χ0n) is 22.7. The van der Waals surface area contributed by atoms with E-state index in [1.54, 1.807) is 37.3 Å². The summed E-state index contributed by atoms with van der Waals surface area (Å²) >= 11 is 0. The van der Waals surface area contributed by atoms with Crippen molar-refractivity contribution in [3.05, 3.63) is 88.5 Å². The molecule has 7 nitrogen and oxygen atoms in total. The van der Waals surface area contributed by atoms with Crippen LogP contribution in [0.4, 0.5) is 11.4 Å². The molecule has 0 aromatic heterocycles. The molecule has 3 aromatic carbocycles. The third kappa shape index (κ3) is 5.88. The Bertz CT molecular complexity index is 1600. The molecule has 0 saturated heterocycles. The highest BCUT2D eigenvalue weighted by Crippen LogP contribution is 2.47. The van der Waals surface area contributed by atoms with Gasteiger partial charge in [0.15, 0.2) is 9.84 Å². The van der Waals surface area contributed by atoms with Gasteiger partial charge >= 0.3 is 0 Å². The molecule has 2 aliphatic rings. The predicted octanol–water partition coefficient (Wildman–Crippen LogP) is 6.26. The second-order valence-electron chi connectivity index (χ2n) is 10.7. The molecule has 3 aromatic rings. The first kappa shape index (κ1) is 27.4. The Balaban J connectivity index is 1.37. The van der Waals surface area contributed by atoms with Gasteiger partial charge in [0, 0.05) is 18.3 Å². The first-order valence-corrected chi connectivity index (χ1v) is 15.3. The van der Waals surface area contributed by atoms with Gasteiger partial charge in [0.1, 0.15) is 6.07 Å². The van der Waals surface area contributed by atoms with Crippen LogP contribution in [0.1, 0.15) is 89.5 Å². The standard InChI is InChI=1S/C32H32N4O3S/c1-3-40(38,39)29-11-8-23(9-12-29)30(14-15-33)35-32(37)24-10-13-31(27(16-24)20-34)36(2)28-18-25(21-4-5-21)17-26(19-28)22-6-7-22/h8-13,16-19,21-22,30H,3-7,14H2,1-2H3,(H,35,37)/t30-/m0/s1. The van der Waals surface area contributed by atoms with Crippen molar-refractivity contribution in [3.8, 4) is 12.1 Å². The summed E-state index contributed by atoms with van der Waals surface area (Å²) < 4.78 is 24.3. The number of sulfone groups is 1. The third-order valence-electron chi connectivity index (χ3n) is 7.81. The smallest absolute Gasteiger partial charge is 0.251 e. The number of nitriles is 2. The van der Waals surface area contributed by atoms with Crippen molar-refractivity contribution in [1.29, 1.82) is 10.5 Å². The number of carbonyl (C=O) groups is 1. The summed E-state index contributed by atoms with van der Waals surface area (Å²) in [7, 11) is -1.40. The van der Waals surface area contributed by atoms with Crippen molar-refractivity contribution in [2.45, 2.75) is 61.8 Å². The molecule has 40 heavy (non-hydrogen) atoms. The molecule has 2 fully saturated rings. The lowest BCUT2D eigenvalue weighted by Crippen LogP contribution is -2.28. The number of benzene rings is 3. The maximum Gasteiger partial charge on any atom is 0.251 e. The summed E-state index contributed by atoms with van der Waals surface area (Å²) in [5.74, 6) is 0.829. The summed E-state index contributed by atoms with van der Waals surface area (Å²) in [6, 6.07) is 21.8. The minimum Gasteiger partial charge on any atom is -0.344 e. The number of carbonyl (C=O) groups excluding carboxylic acids is 1. The molecule has 204 valence electrons. The van der Waals surface area contributed by atoms with E-state index in [1.165, 1.54) is 48.9 Å². The fourth-order valence-corrected chi connectivity index (χ4v) is 5.90. The van der Waals surface area contributed by atoms with Crippen LogP contribution in [0, 0.1) is 22.7 Å². The minimum atomic E-state index is -3.35. The number of nitrogens with zero attached hydrogens (tertiary/aromatic N) is 3. The molecule has 1 N–H and O–H groups in total. The Morgan fingerprint density at radius 2 is 1.60 bits per heavy atom. The van der Waals surface area contributed by atoms with Crippen molar-refractivity contribution < 1.29 is 13.2 Å². The topological polar surface area (TPSA) is 114 Å². The second kappa shape index (κ2) is 11.2. The highest BCUT2D eigenvalue weighted by molar-refractivity contribution is 7.91. The molecule has 0 radical (unpaired) electrons. The molecular weight excluding hydrogens is 520 g/mol. The van der Waals surface area contributed by atoms with Gasteiger partial charge in [-0.2, -0.15) is 10.5 Å². The summed E-state index contributed by atoms with van der Waals surface area (Å²) in [5, 5.41) is 22.2. The number of rotatable bonds is 10. The van der Waals surface area contributed by atoms with Crippen LogP contribution < -0.4 is 10.2 Å². The van der Waals surface area contributed by atoms with Gasteiger partial charge in [0.05, 0.1) is 40.4 Å². The van der Waals surface area contributed by atoms with Gasteiger partial charge in [0.2, 0.25) is 0 Å². The molecule has 0 heterocycles. The van der Waals surface area contributed by atoms with Crippen molar-refractivity contribution in [1.82, 2.24) is 5.32 Å². The highest BCUT2D eigenvalue weighted by Gasteiger charge is 2.29. The minimum absolute atomic E-state index is 0.00918. The Kier molecular flexibility index (Phi) is 7.65. The Labute approximate surface area is 236 Å². The molecule has 0 unspecified atom stereocenters. The van der Waals surface area contributed by atoms with Crippen LogP contribution in [0.5, 0.6) is 0 Å². The number of nitrogens with one attached hydrogen (secondary N) is 1. The summed E-state index contributed by atoms with van der Waals surface area (Å²) in [5.41, 5.74) is 5.81. The number of hydrogen-bond donors (Lipinski definition) is 1. The van der Waals surface area contributed by atoms with Crippen LogP contribution >= 0.6 is 0 Å². The average molecular weight is 553 g/mol.